The van der Waals surface area contributed by atoms with Crippen molar-refractivity contribution in [2.45, 2.75) is 89.5 Å². The maximum absolute atomic E-state index is 14.6. The highest BCUT2D eigenvalue weighted by molar-refractivity contribution is 5.68. The Labute approximate surface area is 150 Å². The predicted octanol–water partition coefficient (Wildman–Crippen LogP) is 6.19. The van der Waals surface area contributed by atoms with Crippen LogP contribution < -0.4 is 0 Å². The molecule has 0 N–H and O–H groups in total. The van der Waals surface area contributed by atoms with Gasteiger partial charge in [-0.25, -0.2) is 8.78 Å². The molecule has 0 aliphatic heterocycles. The Morgan fingerprint density at radius 1 is 1.00 bits per heavy atom. The quantitative estimate of drug-likeness (QED) is 0.417. The lowest BCUT2D eigenvalue weighted by Gasteiger charge is -2.57. The zero-order valence-electron chi connectivity index (χ0n) is 15.4. The van der Waals surface area contributed by atoms with Crippen LogP contribution in [0.1, 0.15) is 77.6 Å². The SMILES string of the molecule is C[C@]12CCCC(F)(F)C1=CC[C@H]1[C@@H]3CCC[C@@]3(C=NC3CC3)CC[C@@H]12. The molecule has 0 aromatic heterocycles. The van der Waals surface area contributed by atoms with Gasteiger partial charge in [0.15, 0.2) is 0 Å². The number of allylic oxidation sites excluding steroid dienone is 2. The average Bonchev–Trinajstić information content (AvgIpc) is 3.29. The monoisotopic (exact) mass is 347 g/mol. The fourth-order valence-corrected chi connectivity index (χ4v) is 7.20. The van der Waals surface area contributed by atoms with E-state index in [0.29, 0.717) is 41.2 Å². The topological polar surface area (TPSA) is 12.4 Å². The van der Waals surface area contributed by atoms with Crippen molar-refractivity contribution in [3.8, 4) is 0 Å². The Bertz CT molecular complexity index is 620. The summed E-state index contributed by atoms with van der Waals surface area (Å²) >= 11 is 0. The Morgan fingerprint density at radius 2 is 1.84 bits per heavy atom. The number of rotatable bonds is 2. The Balaban J connectivity index is 1.48. The van der Waals surface area contributed by atoms with E-state index in [-0.39, 0.29) is 11.8 Å². The van der Waals surface area contributed by atoms with Crippen molar-refractivity contribution in [1.82, 2.24) is 0 Å². The highest BCUT2D eigenvalue weighted by Crippen LogP contribution is 2.66. The molecule has 0 amide bonds. The summed E-state index contributed by atoms with van der Waals surface area (Å²) in [6, 6.07) is 0.598. The van der Waals surface area contributed by atoms with Crippen LogP contribution in [0.5, 0.6) is 0 Å². The number of hydrogen-bond acceptors (Lipinski definition) is 1. The summed E-state index contributed by atoms with van der Waals surface area (Å²) in [5.74, 6) is -0.817. The number of hydrogen-bond donors (Lipinski definition) is 0. The third-order valence-electron chi connectivity index (χ3n) is 8.55. The lowest BCUT2D eigenvalue weighted by Crippen LogP contribution is -2.52. The first-order valence-electron chi connectivity index (χ1n) is 10.6. The molecule has 4 fully saturated rings. The van der Waals surface area contributed by atoms with Gasteiger partial charge in [0.1, 0.15) is 0 Å². The molecule has 5 aliphatic rings. The standard InChI is InChI=1S/C22H31F2N/c1-20-10-3-12-22(23,24)19(20)8-7-16-17(20)9-13-21(11-2-4-18(16)21)14-25-15-5-6-15/h8,14-18H,2-7,9-13H2,1H3/t16-,17+,18+,20-,21+/m1/s1. The molecule has 0 bridgehead atoms. The van der Waals surface area contributed by atoms with E-state index < -0.39 is 5.92 Å². The second-order valence-electron chi connectivity index (χ2n) is 9.88. The van der Waals surface area contributed by atoms with E-state index in [0.717, 1.165) is 19.3 Å². The van der Waals surface area contributed by atoms with E-state index in [1.165, 1.54) is 38.5 Å². The van der Waals surface area contributed by atoms with Gasteiger partial charge in [-0.3, -0.25) is 4.99 Å². The Kier molecular flexibility index (Phi) is 3.55. The lowest BCUT2D eigenvalue weighted by molar-refractivity contribution is -0.0704. The van der Waals surface area contributed by atoms with Gasteiger partial charge < -0.3 is 0 Å². The van der Waals surface area contributed by atoms with E-state index in [1.54, 1.807) is 0 Å². The highest BCUT2D eigenvalue weighted by atomic mass is 19.3. The first kappa shape index (κ1) is 16.4. The first-order valence-corrected chi connectivity index (χ1v) is 10.6. The molecular weight excluding hydrogens is 316 g/mol. The fraction of sp³-hybridized carbons (Fsp3) is 0.864. The van der Waals surface area contributed by atoms with E-state index in [1.807, 2.05) is 6.08 Å². The van der Waals surface area contributed by atoms with Crippen LogP contribution in [0.25, 0.3) is 0 Å². The molecule has 138 valence electrons. The minimum Gasteiger partial charge on any atom is -0.294 e. The van der Waals surface area contributed by atoms with E-state index in [4.69, 9.17) is 4.99 Å². The van der Waals surface area contributed by atoms with Crippen molar-refractivity contribution in [3.63, 3.8) is 0 Å². The molecule has 0 unspecified atom stereocenters. The number of halogens is 2. The molecule has 0 spiro atoms. The maximum atomic E-state index is 14.6. The van der Waals surface area contributed by atoms with Crippen LogP contribution in [-0.2, 0) is 0 Å². The molecule has 5 rings (SSSR count). The Hall–Kier alpha value is -0.730. The summed E-state index contributed by atoms with van der Waals surface area (Å²) in [6.07, 6.45) is 15.6. The summed E-state index contributed by atoms with van der Waals surface area (Å²) < 4.78 is 29.2. The van der Waals surface area contributed by atoms with E-state index in [9.17, 15) is 8.78 Å². The molecule has 0 saturated heterocycles. The fourth-order valence-electron chi connectivity index (χ4n) is 7.20. The number of fused-ring (bicyclic) bond motifs is 5. The van der Waals surface area contributed by atoms with Crippen molar-refractivity contribution in [1.29, 1.82) is 0 Å². The molecule has 0 heterocycles. The number of aliphatic imine (C=N–C) groups is 1. The van der Waals surface area contributed by atoms with E-state index in [2.05, 4.69) is 13.1 Å². The van der Waals surface area contributed by atoms with Crippen molar-refractivity contribution in [2.75, 3.05) is 0 Å². The van der Waals surface area contributed by atoms with Gasteiger partial charge in [0.05, 0.1) is 0 Å². The van der Waals surface area contributed by atoms with Gasteiger partial charge in [-0.05, 0) is 81.0 Å². The molecule has 3 heteroatoms. The smallest absolute Gasteiger partial charge is 0.269 e. The van der Waals surface area contributed by atoms with Crippen LogP contribution in [0, 0.1) is 28.6 Å². The van der Waals surface area contributed by atoms with Crippen LogP contribution in [0.15, 0.2) is 16.6 Å². The largest absolute Gasteiger partial charge is 0.294 e. The zero-order chi connectivity index (χ0) is 17.3. The number of nitrogens with zero attached hydrogens (tertiary/aromatic N) is 1. The third-order valence-corrected chi connectivity index (χ3v) is 8.55. The highest BCUT2D eigenvalue weighted by Gasteiger charge is 2.60. The summed E-state index contributed by atoms with van der Waals surface area (Å²) in [7, 11) is 0. The predicted molar refractivity (Wildman–Crippen MR) is 97.1 cm³/mol. The minimum absolute atomic E-state index is 0.0627. The molecule has 4 saturated carbocycles. The lowest BCUT2D eigenvalue weighted by atomic mass is 9.47. The van der Waals surface area contributed by atoms with Crippen LogP contribution >= 0.6 is 0 Å². The normalized spacial score (nSPS) is 48.6. The summed E-state index contributed by atoms with van der Waals surface area (Å²) in [5, 5.41) is 0. The van der Waals surface area contributed by atoms with Crippen molar-refractivity contribution >= 4 is 6.21 Å². The van der Waals surface area contributed by atoms with Crippen molar-refractivity contribution < 1.29 is 8.78 Å². The molecule has 0 radical (unpaired) electrons. The summed E-state index contributed by atoms with van der Waals surface area (Å²) in [6.45, 7) is 2.17. The molecule has 0 aromatic carbocycles. The zero-order valence-corrected chi connectivity index (χ0v) is 15.4. The van der Waals surface area contributed by atoms with Crippen molar-refractivity contribution in [2.24, 2.45) is 33.6 Å². The summed E-state index contributed by atoms with van der Waals surface area (Å²) in [4.78, 5) is 4.89. The van der Waals surface area contributed by atoms with Crippen molar-refractivity contribution in [3.05, 3.63) is 11.6 Å². The van der Waals surface area contributed by atoms with Gasteiger partial charge in [-0.2, -0.15) is 0 Å². The van der Waals surface area contributed by atoms with Gasteiger partial charge in [0, 0.05) is 29.7 Å². The Morgan fingerprint density at radius 3 is 2.64 bits per heavy atom. The second-order valence-corrected chi connectivity index (χ2v) is 9.88. The van der Waals surface area contributed by atoms with Crippen LogP contribution in [0.2, 0.25) is 0 Å². The van der Waals surface area contributed by atoms with Gasteiger partial charge in [0.25, 0.3) is 5.92 Å². The van der Waals surface area contributed by atoms with Crippen LogP contribution in [-0.4, -0.2) is 18.2 Å². The summed E-state index contributed by atoms with van der Waals surface area (Å²) in [5.41, 5.74) is 0.542. The van der Waals surface area contributed by atoms with Gasteiger partial charge in [0.2, 0.25) is 0 Å². The van der Waals surface area contributed by atoms with Gasteiger partial charge in [-0.15, -0.1) is 0 Å². The molecule has 0 aromatic rings. The molecule has 5 atom stereocenters. The maximum Gasteiger partial charge on any atom is 0.269 e. The third kappa shape index (κ3) is 2.40. The van der Waals surface area contributed by atoms with Gasteiger partial charge >= 0.3 is 0 Å². The van der Waals surface area contributed by atoms with Gasteiger partial charge in [-0.1, -0.05) is 19.4 Å². The average molecular weight is 347 g/mol. The van der Waals surface area contributed by atoms with E-state index >= 15 is 0 Å². The van der Waals surface area contributed by atoms with Crippen LogP contribution in [0.4, 0.5) is 8.78 Å². The minimum atomic E-state index is -2.56. The molecule has 5 aliphatic carbocycles. The molecular formula is C22H31F2N. The van der Waals surface area contributed by atoms with Crippen LogP contribution in [0.3, 0.4) is 0 Å². The molecule has 1 nitrogen and oxygen atoms in total. The molecule has 25 heavy (non-hydrogen) atoms. The first-order chi connectivity index (χ1) is 11.9. The number of alkyl halides is 2. The second kappa shape index (κ2) is 5.39.